The van der Waals surface area contributed by atoms with Crippen molar-refractivity contribution in [2.75, 3.05) is 6.61 Å². The fraction of sp³-hybridized carbons (Fsp3) is 0.300. The molecule has 0 fully saturated rings. The Kier molecular flexibility index (Phi) is 30.3. The lowest BCUT2D eigenvalue weighted by Crippen LogP contribution is -2.11. The van der Waals surface area contributed by atoms with Gasteiger partial charge in [0.05, 0.1) is 6.61 Å². The molecule has 0 rings (SSSR count). The summed E-state index contributed by atoms with van der Waals surface area (Å²) < 4.78 is 4.18. The maximum atomic E-state index is 9.60. The van der Waals surface area contributed by atoms with Crippen LogP contribution in [-0.4, -0.2) is 12.7 Å². The second-order valence-corrected chi connectivity index (χ2v) is 1.63. The quantitative estimate of drug-likeness (QED) is 0.531. The first-order valence-corrected chi connectivity index (χ1v) is 3.83. The van der Waals surface area contributed by atoms with Gasteiger partial charge < -0.3 is 10.5 Å². The summed E-state index contributed by atoms with van der Waals surface area (Å²) in [7, 11) is 0. The first-order chi connectivity index (χ1) is 6.10. The summed E-state index contributed by atoms with van der Waals surface area (Å²) in [6.45, 7) is 14.0. The van der Waals surface area contributed by atoms with E-state index in [4.69, 9.17) is 0 Å². The first kappa shape index (κ1) is 17.5. The number of amides is 1. The number of rotatable bonds is 2. The number of nitrogens with two attached hydrogens (primary N) is 1. The van der Waals surface area contributed by atoms with Crippen molar-refractivity contribution in [1.29, 1.82) is 0 Å². The van der Waals surface area contributed by atoms with E-state index in [9.17, 15) is 4.79 Å². The van der Waals surface area contributed by atoms with Crippen LogP contribution in [0, 0.1) is 0 Å². The normalized spacial score (nSPS) is 6.00. The lowest BCUT2D eigenvalue weighted by Gasteiger charge is -1.89. The highest BCUT2D eigenvalue weighted by Crippen LogP contribution is 1.66. The molecule has 0 saturated heterocycles. The Bertz CT molecular complexity index is 136. The second kappa shape index (κ2) is 22.4. The van der Waals surface area contributed by atoms with Crippen molar-refractivity contribution in [2.24, 2.45) is 5.73 Å². The van der Waals surface area contributed by atoms with Gasteiger partial charge in [0, 0.05) is 0 Å². The maximum absolute atomic E-state index is 9.60. The second-order valence-electron chi connectivity index (χ2n) is 1.63. The van der Waals surface area contributed by atoms with Crippen molar-refractivity contribution >= 4 is 6.09 Å². The van der Waals surface area contributed by atoms with Crippen LogP contribution in [0.2, 0.25) is 0 Å². The molecule has 0 aliphatic rings. The fourth-order valence-electron chi connectivity index (χ4n) is 0.142. The van der Waals surface area contributed by atoms with E-state index in [1.165, 1.54) is 0 Å². The van der Waals surface area contributed by atoms with Gasteiger partial charge >= 0.3 is 6.09 Å². The first-order valence-electron chi connectivity index (χ1n) is 3.83. The molecule has 0 saturated carbocycles. The highest BCUT2D eigenvalue weighted by Gasteiger charge is 1.82. The minimum atomic E-state index is -0.711. The molecule has 0 radical (unpaired) electrons. The van der Waals surface area contributed by atoms with E-state index in [1.807, 2.05) is 6.92 Å². The number of carbonyl (C=O) groups excluding carboxylic acids is 1. The largest absolute Gasteiger partial charge is 0.450 e. The summed E-state index contributed by atoms with van der Waals surface area (Å²) in [5.74, 6) is 0. The molecule has 0 atom stereocenters. The smallest absolute Gasteiger partial charge is 0.404 e. The van der Waals surface area contributed by atoms with Crippen molar-refractivity contribution < 1.29 is 9.53 Å². The predicted molar refractivity (Wildman–Crippen MR) is 57.5 cm³/mol. The van der Waals surface area contributed by atoms with Crippen LogP contribution >= 0.6 is 0 Å². The van der Waals surface area contributed by atoms with Crippen LogP contribution in [0.4, 0.5) is 4.79 Å². The molecular formula is C10H19NO2. The molecule has 3 nitrogen and oxygen atoms in total. The zero-order valence-corrected chi connectivity index (χ0v) is 8.45. The van der Waals surface area contributed by atoms with Crippen LogP contribution < -0.4 is 5.73 Å². The van der Waals surface area contributed by atoms with Gasteiger partial charge in [-0.15, -0.1) is 6.58 Å². The van der Waals surface area contributed by atoms with Gasteiger partial charge in [-0.2, -0.15) is 0 Å². The lowest BCUT2D eigenvalue weighted by molar-refractivity contribution is 0.163. The molecule has 0 aromatic rings. The molecule has 1 amide bonds. The van der Waals surface area contributed by atoms with E-state index < -0.39 is 6.09 Å². The van der Waals surface area contributed by atoms with Crippen LogP contribution in [0.5, 0.6) is 0 Å². The minimum Gasteiger partial charge on any atom is -0.450 e. The van der Waals surface area contributed by atoms with E-state index in [0.717, 1.165) is 0 Å². The molecule has 0 aliphatic heterocycles. The van der Waals surface area contributed by atoms with Gasteiger partial charge in [-0.25, -0.2) is 4.79 Å². The number of carbonyl (C=O) groups is 1. The Morgan fingerprint density at radius 3 is 1.69 bits per heavy atom. The molecular weight excluding hydrogens is 166 g/mol. The predicted octanol–water partition coefficient (Wildman–Crippen LogP) is 2.65. The van der Waals surface area contributed by atoms with Crippen LogP contribution in [0.3, 0.4) is 0 Å². The molecule has 0 aromatic carbocycles. The molecule has 0 bridgehead atoms. The van der Waals surface area contributed by atoms with Crippen molar-refractivity contribution in [1.82, 2.24) is 0 Å². The van der Waals surface area contributed by atoms with Gasteiger partial charge in [0.25, 0.3) is 0 Å². The van der Waals surface area contributed by atoms with Crippen molar-refractivity contribution in [3.63, 3.8) is 0 Å². The maximum Gasteiger partial charge on any atom is 0.404 e. The van der Waals surface area contributed by atoms with E-state index >= 15 is 0 Å². The third-order valence-electron chi connectivity index (χ3n) is 0.453. The highest BCUT2D eigenvalue weighted by molar-refractivity contribution is 5.64. The van der Waals surface area contributed by atoms with E-state index in [0.29, 0.717) is 6.61 Å². The van der Waals surface area contributed by atoms with Crippen molar-refractivity contribution in [3.05, 3.63) is 38.0 Å². The zero-order valence-electron chi connectivity index (χ0n) is 8.45. The standard InChI is InChI=1S/C4H6.C3H7NO2.C3H6/c1-3-4-2;1-2-6-3(4)5;1-3-2/h3-4H,1-2H2;2H2,1H3,(H2,4,5);3H,1H2,2H3. The summed E-state index contributed by atoms with van der Waals surface area (Å²) in [5.41, 5.74) is 4.54. The van der Waals surface area contributed by atoms with E-state index in [2.05, 4.69) is 30.2 Å². The Labute approximate surface area is 80.6 Å². The Hall–Kier alpha value is -1.51. The third-order valence-corrected chi connectivity index (χ3v) is 0.453. The molecule has 76 valence electrons. The summed E-state index contributed by atoms with van der Waals surface area (Å²) in [6, 6.07) is 0. The molecule has 0 aliphatic carbocycles. The summed E-state index contributed by atoms with van der Waals surface area (Å²) in [4.78, 5) is 9.60. The molecule has 3 heteroatoms. The van der Waals surface area contributed by atoms with Crippen LogP contribution in [-0.2, 0) is 4.74 Å². The van der Waals surface area contributed by atoms with Gasteiger partial charge in [0.2, 0.25) is 0 Å². The molecule has 13 heavy (non-hydrogen) atoms. The van der Waals surface area contributed by atoms with Crippen molar-refractivity contribution in [2.45, 2.75) is 13.8 Å². The fourth-order valence-corrected chi connectivity index (χ4v) is 0.142. The molecule has 0 spiro atoms. The van der Waals surface area contributed by atoms with E-state index in [-0.39, 0.29) is 0 Å². The Morgan fingerprint density at radius 2 is 1.69 bits per heavy atom. The SMILES string of the molecule is C=CC.C=CC=C.CCOC(N)=O. The number of hydrogen-bond donors (Lipinski definition) is 1. The topological polar surface area (TPSA) is 52.3 Å². The summed E-state index contributed by atoms with van der Waals surface area (Å²) in [5, 5.41) is 0. The third kappa shape index (κ3) is 122. The average molecular weight is 185 g/mol. The molecule has 0 aromatic heterocycles. The molecule has 0 unspecified atom stereocenters. The van der Waals surface area contributed by atoms with Crippen LogP contribution in [0.1, 0.15) is 13.8 Å². The van der Waals surface area contributed by atoms with Crippen LogP contribution in [0.25, 0.3) is 0 Å². The Balaban J connectivity index is -0.000000125. The monoisotopic (exact) mass is 185 g/mol. The van der Waals surface area contributed by atoms with Gasteiger partial charge in [-0.3, -0.25) is 0 Å². The Morgan fingerprint density at radius 1 is 1.38 bits per heavy atom. The van der Waals surface area contributed by atoms with Crippen molar-refractivity contribution in [3.8, 4) is 0 Å². The summed E-state index contributed by atoms with van der Waals surface area (Å²) >= 11 is 0. The number of hydrogen-bond acceptors (Lipinski definition) is 2. The lowest BCUT2D eigenvalue weighted by atomic mass is 10.6. The summed E-state index contributed by atoms with van der Waals surface area (Å²) in [6.07, 6.45) is 4.32. The zero-order chi connectivity index (χ0) is 11.1. The highest BCUT2D eigenvalue weighted by atomic mass is 16.5. The molecule has 0 heterocycles. The van der Waals surface area contributed by atoms with E-state index in [1.54, 1.807) is 25.2 Å². The van der Waals surface area contributed by atoms with Crippen LogP contribution in [0.15, 0.2) is 38.0 Å². The van der Waals surface area contributed by atoms with Gasteiger partial charge in [0.1, 0.15) is 0 Å². The minimum absolute atomic E-state index is 0.356. The van der Waals surface area contributed by atoms with Gasteiger partial charge in [-0.1, -0.05) is 31.4 Å². The number of primary amides is 1. The number of allylic oxidation sites excluding steroid dienone is 3. The van der Waals surface area contributed by atoms with Gasteiger partial charge in [0.15, 0.2) is 0 Å². The number of ether oxygens (including phenoxy) is 1. The molecule has 2 N–H and O–H groups in total. The van der Waals surface area contributed by atoms with Gasteiger partial charge in [-0.05, 0) is 13.8 Å². The average Bonchev–Trinajstić information content (AvgIpc) is 2.06.